The summed E-state index contributed by atoms with van der Waals surface area (Å²) in [6.45, 7) is 4.02. The van der Waals surface area contributed by atoms with Crippen molar-refractivity contribution < 1.29 is 9.53 Å². The number of aromatic nitrogens is 2. The molecule has 7 heteroatoms. The summed E-state index contributed by atoms with van der Waals surface area (Å²) in [6.07, 6.45) is 1.52. The van der Waals surface area contributed by atoms with Crippen LogP contribution in [0.5, 0.6) is 5.75 Å². The van der Waals surface area contributed by atoms with Crippen molar-refractivity contribution in [2.45, 2.75) is 13.8 Å². The molecule has 0 aliphatic heterocycles. The molecule has 0 saturated carbocycles. The van der Waals surface area contributed by atoms with Crippen LogP contribution < -0.4 is 15.4 Å². The molecule has 2 aromatic carbocycles. The van der Waals surface area contributed by atoms with Crippen molar-refractivity contribution in [2.75, 3.05) is 17.7 Å². The predicted molar refractivity (Wildman–Crippen MR) is 107 cm³/mol. The third kappa shape index (κ3) is 4.54. The molecule has 6 nitrogen and oxygen atoms in total. The summed E-state index contributed by atoms with van der Waals surface area (Å²) in [4.78, 5) is 20.9. The summed E-state index contributed by atoms with van der Waals surface area (Å²) in [6, 6.07) is 12.5. The number of hydrogen-bond donors (Lipinski definition) is 2. The van der Waals surface area contributed by atoms with Crippen LogP contribution in [-0.4, -0.2) is 23.0 Å². The first kappa shape index (κ1) is 18.7. The van der Waals surface area contributed by atoms with Crippen molar-refractivity contribution in [3.05, 3.63) is 70.5 Å². The Hall–Kier alpha value is -3.12. The van der Waals surface area contributed by atoms with Gasteiger partial charge in [0, 0.05) is 17.6 Å². The first-order valence-corrected chi connectivity index (χ1v) is 8.66. The van der Waals surface area contributed by atoms with Crippen molar-refractivity contribution in [3.8, 4) is 5.75 Å². The quantitative estimate of drug-likeness (QED) is 0.665. The number of amides is 1. The normalized spacial score (nSPS) is 10.4. The highest BCUT2D eigenvalue weighted by Crippen LogP contribution is 2.28. The topological polar surface area (TPSA) is 76.1 Å². The monoisotopic (exact) mass is 382 g/mol. The van der Waals surface area contributed by atoms with Crippen LogP contribution >= 0.6 is 11.6 Å². The smallest absolute Gasteiger partial charge is 0.274 e. The highest BCUT2D eigenvalue weighted by Gasteiger charge is 2.10. The average molecular weight is 383 g/mol. The maximum absolute atomic E-state index is 12.5. The number of ether oxygens (including phenoxy) is 1. The lowest BCUT2D eigenvalue weighted by molar-refractivity contribution is 0.102. The van der Waals surface area contributed by atoms with Gasteiger partial charge in [-0.3, -0.25) is 4.79 Å². The molecule has 0 radical (unpaired) electrons. The van der Waals surface area contributed by atoms with Gasteiger partial charge in [-0.25, -0.2) is 9.97 Å². The summed E-state index contributed by atoms with van der Waals surface area (Å²) >= 11 is 6.12. The summed E-state index contributed by atoms with van der Waals surface area (Å²) in [5, 5.41) is 6.34. The summed E-state index contributed by atoms with van der Waals surface area (Å²) in [5.74, 6) is 0.560. The lowest BCUT2D eigenvalue weighted by atomic mass is 10.1. The number of nitrogens with one attached hydrogen (secondary N) is 2. The molecule has 0 fully saturated rings. The van der Waals surface area contributed by atoms with Gasteiger partial charge in [0.25, 0.3) is 5.91 Å². The van der Waals surface area contributed by atoms with Crippen molar-refractivity contribution in [3.63, 3.8) is 0 Å². The second kappa shape index (κ2) is 8.05. The summed E-state index contributed by atoms with van der Waals surface area (Å²) < 4.78 is 5.13. The van der Waals surface area contributed by atoms with E-state index in [-0.39, 0.29) is 11.6 Å². The molecular formula is C20H19ClN4O2. The molecule has 0 spiro atoms. The van der Waals surface area contributed by atoms with Gasteiger partial charge < -0.3 is 15.4 Å². The van der Waals surface area contributed by atoms with E-state index < -0.39 is 0 Å². The van der Waals surface area contributed by atoms with E-state index in [0.717, 1.165) is 11.3 Å². The van der Waals surface area contributed by atoms with Crippen LogP contribution in [0.15, 0.2) is 48.7 Å². The number of hydrogen-bond acceptors (Lipinski definition) is 5. The van der Waals surface area contributed by atoms with E-state index in [4.69, 9.17) is 16.3 Å². The van der Waals surface area contributed by atoms with Crippen molar-refractivity contribution in [1.29, 1.82) is 0 Å². The molecule has 0 atom stereocenters. The van der Waals surface area contributed by atoms with Crippen molar-refractivity contribution in [2.24, 2.45) is 0 Å². The van der Waals surface area contributed by atoms with E-state index in [1.54, 1.807) is 31.4 Å². The standard InChI is InChI=1S/C20H19ClN4O2/c1-12-4-5-14(10-13(12)2)23-19(26)17-8-9-22-20(25-17)24-15-6-7-18(27-3)16(21)11-15/h4-11H,1-3H3,(H,23,26)(H,22,24,25). The minimum absolute atomic E-state index is 0.255. The van der Waals surface area contributed by atoms with Gasteiger partial charge in [-0.1, -0.05) is 17.7 Å². The Morgan fingerprint density at radius 2 is 1.81 bits per heavy atom. The molecule has 0 unspecified atom stereocenters. The fraction of sp³-hybridized carbons (Fsp3) is 0.150. The van der Waals surface area contributed by atoms with E-state index in [1.807, 2.05) is 32.0 Å². The minimum Gasteiger partial charge on any atom is -0.495 e. The zero-order chi connectivity index (χ0) is 19.4. The number of aryl methyl sites for hydroxylation is 2. The Morgan fingerprint density at radius 3 is 2.52 bits per heavy atom. The molecule has 1 heterocycles. The van der Waals surface area contributed by atoms with Gasteiger partial charge in [-0.05, 0) is 61.4 Å². The minimum atomic E-state index is -0.309. The number of anilines is 3. The van der Waals surface area contributed by atoms with Gasteiger partial charge >= 0.3 is 0 Å². The number of benzene rings is 2. The number of carbonyl (C=O) groups excluding carboxylic acids is 1. The van der Waals surface area contributed by atoms with E-state index in [2.05, 4.69) is 20.6 Å². The molecule has 0 aliphatic carbocycles. The molecule has 0 saturated heterocycles. The van der Waals surface area contributed by atoms with Crippen molar-refractivity contribution in [1.82, 2.24) is 9.97 Å². The van der Waals surface area contributed by atoms with Crippen LogP contribution in [0.25, 0.3) is 0 Å². The Balaban J connectivity index is 1.75. The highest BCUT2D eigenvalue weighted by molar-refractivity contribution is 6.32. The lowest BCUT2D eigenvalue weighted by Gasteiger charge is -2.10. The average Bonchev–Trinajstić information content (AvgIpc) is 2.65. The van der Waals surface area contributed by atoms with Gasteiger partial charge in [-0.15, -0.1) is 0 Å². The van der Waals surface area contributed by atoms with Gasteiger partial charge in [-0.2, -0.15) is 0 Å². The number of methoxy groups -OCH3 is 1. The van der Waals surface area contributed by atoms with E-state index in [0.29, 0.717) is 22.4 Å². The Labute approximate surface area is 162 Å². The zero-order valence-corrected chi connectivity index (χ0v) is 16.0. The largest absolute Gasteiger partial charge is 0.495 e. The summed E-state index contributed by atoms with van der Waals surface area (Å²) in [5.41, 5.74) is 3.94. The zero-order valence-electron chi connectivity index (χ0n) is 15.2. The third-order valence-electron chi connectivity index (χ3n) is 4.06. The Bertz CT molecular complexity index is 991. The lowest BCUT2D eigenvalue weighted by Crippen LogP contribution is -2.15. The van der Waals surface area contributed by atoms with E-state index >= 15 is 0 Å². The highest BCUT2D eigenvalue weighted by atomic mass is 35.5. The fourth-order valence-electron chi connectivity index (χ4n) is 2.43. The first-order valence-electron chi connectivity index (χ1n) is 8.28. The molecule has 3 aromatic rings. The van der Waals surface area contributed by atoms with Gasteiger partial charge in [0.2, 0.25) is 5.95 Å². The molecular weight excluding hydrogens is 364 g/mol. The first-order chi connectivity index (χ1) is 13.0. The molecule has 138 valence electrons. The maximum atomic E-state index is 12.5. The van der Waals surface area contributed by atoms with Gasteiger partial charge in [0.05, 0.1) is 12.1 Å². The number of halogens is 1. The second-order valence-electron chi connectivity index (χ2n) is 5.99. The molecule has 0 bridgehead atoms. The van der Waals surface area contributed by atoms with Gasteiger partial charge in [0.1, 0.15) is 11.4 Å². The molecule has 27 heavy (non-hydrogen) atoms. The second-order valence-corrected chi connectivity index (χ2v) is 6.40. The van der Waals surface area contributed by atoms with Crippen LogP contribution in [0.1, 0.15) is 21.6 Å². The third-order valence-corrected chi connectivity index (χ3v) is 4.36. The van der Waals surface area contributed by atoms with Crippen LogP contribution in [0.2, 0.25) is 5.02 Å². The van der Waals surface area contributed by atoms with Crippen LogP contribution in [-0.2, 0) is 0 Å². The van der Waals surface area contributed by atoms with E-state index in [9.17, 15) is 4.79 Å². The molecule has 1 amide bonds. The van der Waals surface area contributed by atoms with Crippen LogP contribution in [0.3, 0.4) is 0 Å². The van der Waals surface area contributed by atoms with Crippen LogP contribution in [0, 0.1) is 13.8 Å². The predicted octanol–water partition coefficient (Wildman–Crippen LogP) is 4.75. The van der Waals surface area contributed by atoms with Gasteiger partial charge in [0.15, 0.2) is 0 Å². The molecule has 1 aromatic heterocycles. The Morgan fingerprint density at radius 1 is 1.04 bits per heavy atom. The molecule has 3 rings (SSSR count). The van der Waals surface area contributed by atoms with Crippen molar-refractivity contribution >= 4 is 34.8 Å². The molecule has 2 N–H and O–H groups in total. The number of carbonyl (C=O) groups is 1. The summed E-state index contributed by atoms with van der Waals surface area (Å²) in [7, 11) is 1.55. The fourth-order valence-corrected chi connectivity index (χ4v) is 2.69. The Kier molecular flexibility index (Phi) is 5.57. The maximum Gasteiger partial charge on any atom is 0.274 e. The molecule has 0 aliphatic rings. The van der Waals surface area contributed by atoms with E-state index in [1.165, 1.54) is 11.8 Å². The number of nitrogens with zero attached hydrogens (tertiary/aromatic N) is 2. The van der Waals surface area contributed by atoms with Crippen LogP contribution in [0.4, 0.5) is 17.3 Å². The SMILES string of the molecule is COc1ccc(Nc2nccc(C(=O)Nc3ccc(C)c(C)c3)n2)cc1Cl. The number of rotatable bonds is 5.